The Morgan fingerprint density at radius 1 is 1.05 bits per heavy atom. The Balaban J connectivity index is 1.56. The van der Waals surface area contributed by atoms with Crippen molar-refractivity contribution in [2.24, 2.45) is 11.8 Å². The van der Waals surface area contributed by atoms with E-state index in [1.54, 1.807) is 32.4 Å². The predicted molar refractivity (Wildman–Crippen MR) is 155 cm³/mol. The topological polar surface area (TPSA) is 109 Å². The largest absolute Gasteiger partial charge is 0.493 e. The van der Waals surface area contributed by atoms with Gasteiger partial charge in [-0.2, -0.15) is 0 Å². The fourth-order valence-corrected chi connectivity index (χ4v) is 4.97. The maximum atomic E-state index is 13.6. The van der Waals surface area contributed by atoms with Gasteiger partial charge in [-0.3, -0.25) is 9.59 Å². The van der Waals surface area contributed by atoms with E-state index >= 15 is 0 Å². The van der Waals surface area contributed by atoms with Crippen molar-refractivity contribution in [3.8, 4) is 11.5 Å². The molecule has 3 rings (SSSR count). The zero-order chi connectivity index (χ0) is 28.9. The summed E-state index contributed by atoms with van der Waals surface area (Å²) in [6.07, 6.45) is 0.0225. The van der Waals surface area contributed by atoms with Crippen LogP contribution in [-0.2, 0) is 9.53 Å². The van der Waals surface area contributed by atoms with Crippen molar-refractivity contribution in [3.05, 3.63) is 59.7 Å². The summed E-state index contributed by atoms with van der Waals surface area (Å²) in [7, 11) is 3.23. The summed E-state index contributed by atoms with van der Waals surface area (Å²) in [5.74, 6) is 1.56. The molecule has 0 aliphatic carbocycles. The van der Waals surface area contributed by atoms with E-state index in [1.807, 2.05) is 49.1 Å². The van der Waals surface area contributed by atoms with Crippen LogP contribution in [0.15, 0.2) is 48.5 Å². The minimum absolute atomic E-state index is 0.0101. The Kier molecular flexibility index (Phi) is 12.9. The molecular weight excluding hydrogens is 510 g/mol. The SMILES string of the molecule is COCCCOc1cc(C(=O)N(C[C@@H]2CNC[C@H]2CNCC(=O)C[C@H](O)c2ccccc2)C(C)C)ccc1OC. The number of Topliss-reactive ketones (excluding diaryl/α,β-unsaturated/α-hetero) is 1. The highest BCUT2D eigenvalue weighted by Crippen LogP contribution is 2.29. The lowest BCUT2D eigenvalue weighted by Gasteiger charge is -2.32. The molecule has 0 bridgehead atoms. The molecule has 40 heavy (non-hydrogen) atoms. The van der Waals surface area contributed by atoms with Crippen molar-refractivity contribution >= 4 is 11.7 Å². The monoisotopic (exact) mass is 555 g/mol. The van der Waals surface area contributed by atoms with E-state index < -0.39 is 6.10 Å². The van der Waals surface area contributed by atoms with Gasteiger partial charge in [-0.15, -0.1) is 0 Å². The minimum Gasteiger partial charge on any atom is -0.493 e. The van der Waals surface area contributed by atoms with Gasteiger partial charge in [-0.05, 0) is 62.5 Å². The number of carbonyl (C=O) groups excluding carboxylic acids is 2. The Hall–Kier alpha value is -2.98. The number of rotatable bonds is 17. The number of methoxy groups -OCH3 is 2. The molecule has 0 unspecified atom stereocenters. The van der Waals surface area contributed by atoms with Crippen molar-refractivity contribution < 1.29 is 28.9 Å². The fourth-order valence-electron chi connectivity index (χ4n) is 4.97. The summed E-state index contributed by atoms with van der Waals surface area (Å²) in [5, 5.41) is 17.1. The van der Waals surface area contributed by atoms with Crippen molar-refractivity contribution in [1.82, 2.24) is 15.5 Å². The van der Waals surface area contributed by atoms with E-state index in [2.05, 4.69) is 10.6 Å². The highest BCUT2D eigenvalue weighted by Gasteiger charge is 2.31. The second-order valence-electron chi connectivity index (χ2n) is 10.6. The fraction of sp³-hybridized carbons (Fsp3) is 0.548. The number of aliphatic hydroxyl groups is 1. The van der Waals surface area contributed by atoms with Gasteiger partial charge in [-0.1, -0.05) is 30.3 Å². The van der Waals surface area contributed by atoms with Gasteiger partial charge in [0.25, 0.3) is 5.91 Å². The van der Waals surface area contributed by atoms with Crippen LogP contribution in [0.25, 0.3) is 0 Å². The van der Waals surface area contributed by atoms with Crippen LogP contribution in [0, 0.1) is 11.8 Å². The van der Waals surface area contributed by atoms with E-state index in [1.165, 1.54) is 0 Å². The molecule has 0 saturated carbocycles. The molecule has 0 radical (unpaired) electrons. The van der Waals surface area contributed by atoms with Gasteiger partial charge in [0.15, 0.2) is 11.5 Å². The van der Waals surface area contributed by atoms with Gasteiger partial charge in [0.1, 0.15) is 5.78 Å². The summed E-state index contributed by atoms with van der Waals surface area (Å²) >= 11 is 0. The molecule has 0 spiro atoms. The van der Waals surface area contributed by atoms with Crippen LogP contribution >= 0.6 is 0 Å². The highest BCUT2D eigenvalue weighted by molar-refractivity contribution is 5.95. The van der Waals surface area contributed by atoms with Crippen molar-refractivity contribution in [2.75, 3.05) is 60.2 Å². The van der Waals surface area contributed by atoms with Crippen molar-refractivity contribution in [2.45, 2.75) is 38.8 Å². The second kappa shape index (κ2) is 16.3. The number of benzene rings is 2. The summed E-state index contributed by atoms with van der Waals surface area (Å²) in [6, 6.07) is 14.6. The van der Waals surface area contributed by atoms with Crippen LogP contribution in [0.5, 0.6) is 11.5 Å². The molecule has 3 N–H and O–H groups in total. The van der Waals surface area contributed by atoms with Gasteiger partial charge in [-0.25, -0.2) is 0 Å². The molecule has 3 atom stereocenters. The van der Waals surface area contributed by atoms with Gasteiger partial charge in [0.2, 0.25) is 0 Å². The lowest BCUT2D eigenvalue weighted by molar-refractivity contribution is -0.120. The summed E-state index contributed by atoms with van der Waals surface area (Å²) in [6.45, 7) is 8.20. The minimum atomic E-state index is -0.795. The van der Waals surface area contributed by atoms with E-state index in [9.17, 15) is 14.7 Å². The standard InChI is InChI=1S/C31H45N3O6/c1-22(2)34(31(37)24-11-12-29(39-4)30(15-24)40-14-8-13-38-3)21-26-19-32-17-25(26)18-33-20-27(35)16-28(36)23-9-6-5-7-10-23/h5-7,9-12,15,22,25-26,28,32-33,36H,8,13-14,16-21H2,1-4H3/t25-,26-,28-/m0/s1. The normalized spacial score (nSPS) is 17.6. The Morgan fingerprint density at radius 2 is 1.80 bits per heavy atom. The number of aliphatic hydroxyl groups excluding tert-OH is 1. The molecule has 9 heteroatoms. The lowest BCUT2D eigenvalue weighted by atomic mass is 9.94. The first-order chi connectivity index (χ1) is 19.3. The zero-order valence-electron chi connectivity index (χ0n) is 24.2. The third-order valence-corrected chi connectivity index (χ3v) is 7.29. The molecule has 2 aromatic rings. The maximum Gasteiger partial charge on any atom is 0.254 e. The molecule has 1 aliphatic rings. The van der Waals surface area contributed by atoms with E-state index in [-0.39, 0.29) is 42.5 Å². The van der Waals surface area contributed by atoms with Gasteiger partial charge in [0, 0.05) is 51.3 Å². The Labute approximate surface area is 238 Å². The Bertz CT molecular complexity index is 1060. The number of hydrogen-bond donors (Lipinski definition) is 3. The molecule has 0 aromatic heterocycles. The lowest BCUT2D eigenvalue weighted by Crippen LogP contribution is -2.43. The third-order valence-electron chi connectivity index (χ3n) is 7.29. The van der Waals surface area contributed by atoms with Crippen molar-refractivity contribution in [1.29, 1.82) is 0 Å². The van der Waals surface area contributed by atoms with Crippen LogP contribution in [-0.4, -0.2) is 87.9 Å². The molecule has 1 aliphatic heterocycles. The molecule has 1 fully saturated rings. The first-order valence-electron chi connectivity index (χ1n) is 14.1. The highest BCUT2D eigenvalue weighted by atomic mass is 16.5. The number of nitrogens with one attached hydrogen (secondary N) is 2. The number of ether oxygens (including phenoxy) is 3. The number of hydrogen-bond acceptors (Lipinski definition) is 8. The summed E-state index contributed by atoms with van der Waals surface area (Å²) < 4.78 is 16.4. The van der Waals surface area contributed by atoms with Gasteiger partial charge in [0.05, 0.1) is 26.4 Å². The van der Waals surface area contributed by atoms with Crippen LogP contribution in [0.4, 0.5) is 0 Å². The summed E-state index contributed by atoms with van der Waals surface area (Å²) in [5.41, 5.74) is 1.30. The third kappa shape index (κ3) is 9.30. The molecular formula is C31H45N3O6. The molecule has 1 heterocycles. The molecule has 2 aromatic carbocycles. The number of nitrogens with zero attached hydrogens (tertiary/aromatic N) is 1. The van der Waals surface area contributed by atoms with E-state index in [0.717, 1.165) is 25.1 Å². The molecule has 1 amide bonds. The number of ketones is 1. The van der Waals surface area contributed by atoms with Crippen LogP contribution < -0.4 is 20.1 Å². The predicted octanol–water partition coefficient (Wildman–Crippen LogP) is 3.08. The van der Waals surface area contributed by atoms with Gasteiger partial charge < -0.3 is 34.9 Å². The van der Waals surface area contributed by atoms with Crippen LogP contribution in [0.1, 0.15) is 48.7 Å². The maximum absolute atomic E-state index is 13.6. The number of amides is 1. The average molecular weight is 556 g/mol. The quantitative estimate of drug-likeness (QED) is 0.256. The van der Waals surface area contributed by atoms with E-state index in [4.69, 9.17) is 14.2 Å². The number of carbonyl (C=O) groups is 2. The van der Waals surface area contributed by atoms with E-state index in [0.29, 0.717) is 43.4 Å². The molecule has 9 nitrogen and oxygen atoms in total. The Morgan fingerprint density at radius 3 is 2.50 bits per heavy atom. The summed E-state index contributed by atoms with van der Waals surface area (Å²) in [4.78, 5) is 28.0. The smallest absolute Gasteiger partial charge is 0.254 e. The second-order valence-corrected chi connectivity index (χ2v) is 10.6. The van der Waals surface area contributed by atoms with Crippen molar-refractivity contribution in [3.63, 3.8) is 0 Å². The molecule has 1 saturated heterocycles. The van der Waals surface area contributed by atoms with Crippen LogP contribution in [0.3, 0.4) is 0 Å². The average Bonchev–Trinajstić information content (AvgIpc) is 3.40. The van der Waals surface area contributed by atoms with Gasteiger partial charge >= 0.3 is 0 Å². The zero-order valence-corrected chi connectivity index (χ0v) is 24.2. The first-order valence-corrected chi connectivity index (χ1v) is 14.1. The van der Waals surface area contributed by atoms with Crippen LogP contribution in [0.2, 0.25) is 0 Å². The first kappa shape index (κ1) is 31.5. The molecule has 220 valence electrons.